The molecule has 0 aliphatic rings. The van der Waals surface area contributed by atoms with Crippen LogP contribution < -0.4 is 5.32 Å². The van der Waals surface area contributed by atoms with Gasteiger partial charge in [0.05, 0.1) is 0 Å². The van der Waals surface area contributed by atoms with Crippen molar-refractivity contribution in [2.24, 2.45) is 0 Å². The molecule has 7 heteroatoms. The van der Waals surface area contributed by atoms with Crippen LogP contribution in [-0.2, 0) is 4.79 Å². The van der Waals surface area contributed by atoms with Crippen LogP contribution in [0.3, 0.4) is 0 Å². The number of rotatable bonds is 5. The minimum absolute atomic E-state index is 0.0155. The molecule has 0 bridgehead atoms. The van der Waals surface area contributed by atoms with E-state index < -0.39 is 17.9 Å². The van der Waals surface area contributed by atoms with Crippen LogP contribution in [0.1, 0.15) is 22.7 Å². The number of hydrogen-bond donors (Lipinski definition) is 3. The van der Waals surface area contributed by atoms with E-state index in [2.05, 4.69) is 15.0 Å². The maximum Gasteiger partial charge on any atom is 0.326 e. The second-order valence-electron chi connectivity index (χ2n) is 3.20. The first-order chi connectivity index (χ1) is 7.54. The molecule has 1 heterocycles. The van der Waals surface area contributed by atoms with Crippen molar-refractivity contribution in [3.05, 3.63) is 17.5 Å². The maximum absolute atomic E-state index is 11.5. The summed E-state index contributed by atoms with van der Waals surface area (Å²) in [5.41, 5.74) is 0.0155. The van der Waals surface area contributed by atoms with Gasteiger partial charge in [-0.05, 0) is 6.92 Å². The Kier molecular flexibility index (Phi) is 4.01. The lowest BCUT2D eigenvalue weighted by Gasteiger charge is -2.11. The number of aliphatic carboxylic acids is 1. The number of hydrogen-bond acceptors (Lipinski definition) is 5. The average molecular weight is 228 g/mol. The van der Waals surface area contributed by atoms with E-state index in [9.17, 15) is 9.59 Å². The Hall–Kier alpha value is -1.89. The monoisotopic (exact) mass is 228 g/mol. The number of carboxylic acids is 1. The molecule has 0 fully saturated rings. The van der Waals surface area contributed by atoms with Crippen molar-refractivity contribution in [2.45, 2.75) is 19.4 Å². The normalized spacial score (nSPS) is 12.1. The second kappa shape index (κ2) is 5.26. The fourth-order valence-corrected chi connectivity index (χ4v) is 1.09. The summed E-state index contributed by atoms with van der Waals surface area (Å²) in [5.74, 6) is -1.39. The summed E-state index contributed by atoms with van der Waals surface area (Å²) in [6.07, 6.45) is -0.0576. The van der Waals surface area contributed by atoms with Gasteiger partial charge in [-0.1, -0.05) is 5.16 Å². The molecular formula is C9H12N2O5. The van der Waals surface area contributed by atoms with Crippen LogP contribution in [0.25, 0.3) is 0 Å². The Labute approximate surface area is 91.0 Å². The molecule has 3 N–H and O–H groups in total. The fourth-order valence-electron chi connectivity index (χ4n) is 1.09. The molecule has 0 aliphatic carbocycles. The molecule has 1 aromatic heterocycles. The largest absolute Gasteiger partial charge is 0.480 e. The molecule has 0 spiro atoms. The fraction of sp³-hybridized carbons (Fsp3) is 0.444. The summed E-state index contributed by atoms with van der Waals surface area (Å²) < 4.78 is 4.68. The third-order valence-corrected chi connectivity index (χ3v) is 1.88. The third kappa shape index (κ3) is 3.06. The van der Waals surface area contributed by atoms with Crippen molar-refractivity contribution in [1.82, 2.24) is 10.5 Å². The number of carbonyl (C=O) groups is 2. The zero-order chi connectivity index (χ0) is 12.1. The SMILES string of the molecule is Cc1cc(C(=O)N[C@H](CCO)C(=O)O)no1. The van der Waals surface area contributed by atoms with Gasteiger partial charge in [-0.3, -0.25) is 4.79 Å². The van der Waals surface area contributed by atoms with Gasteiger partial charge in [0.15, 0.2) is 5.69 Å². The zero-order valence-electron chi connectivity index (χ0n) is 8.64. The van der Waals surface area contributed by atoms with Gasteiger partial charge in [-0.2, -0.15) is 0 Å². The maximum atomic E-state index is 11.5. The number of aliphatic hydroxyl groups excluding tert-OH is 1. The van der Waals surface area contributed by atoms with E-state index in [0.717, 1.165) is 0 Å². The van der Waals surface area contributed by atoms with Crippen LogP contribution in [0.2, 0.25) is 0 Å². The van der Waals surface area contributed by atoms with E-state index in [1.54, 1.807) is 6.92 Å². The van der Waals surface area contributed by atoms with E-state index in [4.69, 9.17) is 10.2 Å². The predicted octanol–water partition coefficient (Wildman–Crippen LogP) is -0.452. The number of carbonyl (C=O) groups excluding carboxylic acids is 1. The number of aromatic nitrogens is 1. The summed E-state index contributed by atoms with van der Waals surface area (Å²) in [6, 6.07) is 0.266. The van der Waals surface area contributed by atoms with Gasteiger partial charge in [0, 0.05) is 19.1 Å². The first-order valence-corrected chi connectivity index (χ1v) is 4.62. The quantitative estimate of drug-likeness (QED) is 0.629. The van der Waals surface area contributed by atoms with Gasteiger partial charge in [0.25, 0.3) is 5.91 Å². The first-order valence-electron chi connectivity index (χ1n) is 4.62. The van der Waals surface area contributed by atoms with Gasteiger partial charge in [0.1, 0.15) is 11.8 Å². The predicted molar refractivity (Wildman–Crippen MR) is 51.8 cm³/mol. The Bertz CT molecular complexity index is 387. The summed E-state index contributed by atoms with van der Waals surface area (Å²) >= 11 is 0. The van der Waals surface area contributed by atoms with Crippen molar-refractivity contribution in [1.29, 1.82) is 0 Å². The minimum Gasteiger partial charge on any atom is -0.480 e. The van der Waals surface area contributed by atoms with E-state index in [1.165, 1.54) is 6.07 Å². The molecule has 7 nitrogen and oxygen atoms in total. The molecule has 1 amide bonds. The van der Waals surface area contributed by atoms with Crippen molar-refractivity contribution < 1.29 is 24.3 Å². The lowest BCUT2D eigenvalue weighted by molar-refractivity contribution is -0.139. The van der Waals surface area contributed by atoms with E-state index in [-0.39, 0.29) is 18.7 Å². The number of nitrogens with one attached hydrogen (secondary N) is 1. The first kappa shape index (κ1) is 12.2. The molecule has 1 rings (SSSR count). The molecule has 0 radical (unpaired) electrons. The third-order valence-electron chi connectivity index (χ3n) is 1.88. The van der Waals surface area contributed by atoms with Gasteiger partial charge in [0.2, 0.25) is 0 Å². The molecule has 16 heavy (non-hydrogen) atoms. The van der Waals surface area contributed by atoms with E-state index >= 15 is 0 Å². The molecule has 0 saturated carbocycles. The molecule has 1 atom stereocenters. The number of nitrogens with zero attached hydrogens (tertiary/aromatic N) is 1. The van der Waals surface area contributed by atoms with E-state index in [0.29, 0.717) is 5.76 Å². The highest BCUT2D eigenvalue weighted by molar-refractivity contribution is 5.94. The van der Waals surface area contributed by atoms with Crippen molar-refractivity contribution in [3.8, 4) is 0 Å². The Morgan fingerprint density at radius 1 is 1.62 bits per heavy atom. The standard InChI is InChI=1S/C9H12N2O5/c1-5-4-7(11-16-5)8(13)10-6(2-3-12)9(14)15/h4,6,12H,2-3H2,1H3,(H,10,13)(H,14,15)/t6-/m1/s1. The second-order valence-corrected chi connectivity index (χ2v) is 3.20. The minimum atomic E-state index is -1.21. The molecule has 88 valence electrons. The summed E-state index contributed by atoms with van der Waals surface area (Å²) in [5, 5.41) is 23.0. The molecule has 0 unspecified atom stereocenters. The lowest BCUT2D eigenvalue weighted by Crippen LogP contribution is -2.41. The van der Waals surface area contributed by atoms with Crippen molar-refractivity contribution in [2.75, 3.05) is 6.61 Å². The van der Waals surface area contributed by atoms with Gasteiger partial charge in [-0.15, -0.1) is 0 Å². The van der Waals surface area contributed by atoms with Crippen molar-refractivity contribution in [3.63, 3.8) is 0 Å². The topological polar surface area (TPSA) is 113 Å². The van der Waals surface area contributed by atoms with Crippen LogP contribution in [0.4, 0.5) is 0 Å². The molecular weight excluding hydrogens is 216 g/mol. The molecule has 0 aromatic carbocycles. The van der Waals surface area contributed by atoms with Gasteiger partial charge >= 0.3 is 5.97 Å². The van der Waals surface area contributed by atoms with Gasteiger partial charge in [-0.25, -0.2) is 4.79 Å². The van der Waals surface area contributed by atoms with Crippen LogP contribution in [0.5, 0.6) is 0 Å². The molecule has 0 saturated heterocycles. The average Bonchev–Trinajstić information content (AvgIpc) is 2.64. The van der Waals surface area contributed by atoms with E-state index in [1.807, 2.05) is 0 Å². The summed E-state index contributed by atoms with van der Waals surface area (Å²) in [7, 11) is 0. The van der Waals surface area contributed by atoms with Crippen LogP contribution >= 0.6 is 0 Å². The highest BCUT2D eigenvalue weighted by atomic mass is 16.5. The van der Waals surface area contributed by atoms with Crippen molar-refractivity contribution >= 4 is 11.9 Å². The number of carboxylic acid groups (broad SMARTS) is 1. The highest BCUT2D eigenvalue weighted by Crippen LogP contribution is 2.02. The Balaban J connectivity index is 2.65. The van der Waals surface area contributed by atoms with Crippen LogP contribution in [0, 0.1) is 6.92 Å². The molecule has 1 aromatic rings. The van der Waals surface area contributed by atoms with Gasteiger partial charge < -0.3 is 20.1 Å². The smallest absolute Gasteiger partial charge is 0.326 e. The van der Waals surface area contributed by atoms with Crippen LogP contribution in [-0.4, -0.2) is 39.9 Å². The number of aliphatic hydroxyl groups is 1. The molecule has 0 aliphatic heterocycles. The Morgan fingerprint density at radius 3 is 2.75 bits per heavy atom. The lowest BCUT2D eigenvalue weighted by atomic mass is 10.2. The van der Waals surface area contributed by atoms with Crippen LogP contribution in [0.15, 0.2) is 10.6 Å². The number of amides is 1. The highest BCUT2D eigenvalue weighted by Gasteiger charge is 2.21. The summed E-state index contributed by atoms with van der Waals surface area (Å²) in [4.78, 5) is 22.2. The summed E-state index contributed by atoms with van der Waals surface area (Å²) in [6.45, 7) is 1.29. The zero-order valence-corrected chi connectivity index (χ0v) is 8.64. The Morgan fingerprint density at radius 2 is 2.31 bits per heavy atom. The number of aryl methyl sites for hydroxylation is 1.